The van der Waals surface area contributed by atoms with Gasteiger partial charge in [0.2, 0.25) is 0 Å². The molecule has 1 unspecified atom stereocenters. The molecule has 0 fully saturated rings. The average Bonchev–Trinajstić information content (AvgIpc) is 2.33. The lowest BCUT2D eigenvalue weighted by Gasteiger charge is -2.16. The molecule has 0 saturated carbocycles. The Kier molecular flexibility index (Phi) is 5.89. The van der Waals surface area contributed by atoms with Crippen molar-refractivity contribution < 1.29 is 14.7 Å². The zero-order valence-corrected chi connectivity index (χ0v) is 12.2. The normalized spacial score (nSPS) is 11.9. The van der Waals surface area contributed by atoms with Crippen molar-refractivity contribution in [1.29, 1.82) is 0 Å². The highest BCUT2D eigenvalue weighted by molar-refractivity contribution is 7.98. The van der Waals surface area contributed by atoms with Gasteiger partial charge < -0.3 is 10.4 Å². The van der Waals surface area contributed by atoms with E-state index >= 15 is 0 Å². The number of thioether (sulfide) groups is 1. The summed E-state index contributed by atoms with van der Waals surface area (Å²) in [5.74, 6) is -0.609. The largest absolute Gasteiger partial charge is 0.480 e. The number of amides is 1. The zero-order chi connectivity index (χ0) is 14.4. The number of carbonyl (C=O) groups is 2. The Balaban J connectivity index is 2.85. The third kappa shape index (κ3) is 4.28. The van der Waals surface area contributed by atoms with Gasteiger partial charge >= 0.3 is 5.97 Å². The molecule has 0 aliphatic carbocycles. The molecule has 1 aromatic carbocycles. The minimum atomic E-state index is -0.992. The lowest BCUT2D eigenvalue weighted by Crippen LogP contribution is -2.41. The zero-order valence-electron chi connectivity index (χ0n) is 11.4. The molecular formula is C14H19NO3S. The van der Waals surface area contributed by atoms with E-state index in [1.165, 1.54) is 0 Å². The van der Waals surface area contributed by atoms with Crippen LogP contribution in [-0.4, -0.2) is 35.0 Å². The van der Waals surface area contributed by atoms with Crippen molar-refractivity contribution in [3.8, 4) is 0 Å². The van der Waals surface area contributed by atoms with E-state index in [4.69, 9.17) is 5.11 Å². The Bertz CT molecular complexity index is 454. The van der Waals surface area contributed by atoms with Crippen molar-refractivity contribution >= 4 is 23.6 Å². The summed E-state index contributed by atoms with van der Waals surface area (Å²) in [6, 6.07) is 4.74. The number of aliphatic carboxylic acids is 1. The Labute approximate surface area is 117 Å². The first-order valence-corrected chi connectivity index (χ1v) is 7.45. The smallest absolute Gasteiger partial charge is 0.326 e. The maximum atomic E-state index is 12.2. The van der Waals surface area contributed by atoms with Gasteiger partial charge in [-0.25, -0.2) is 4.79 Å². The van der Waals surface area contributed by atoms with Crippen molar-refractivity contribution in [2.75, 3.05) is 12.0 Å². The van der Waals surface area contributed by atoms with Crippen LogP contribution < -0.4 is 5.32 Å². The van der Waals surface area contributed by atoms with Crippen LogP contribution in [0.2, 0.25) is 0 Å². The molecule has 19 heavy (non-hydrogen) atoms. The number of hydrogen-bond acceptors (Lipinski definition) is 3. The molecule has 0 aliphatic rings. The topological polar surface area (TPSA) is 66.4 Å². The minimum Gasteiger partial charge on any atom is -0.480 e. The summed E-state index contributed by atoms with van der Waals surface area (Å²) in [5.41, 5.74) is 2.27. The predicted octanol–water partition coefficient (Wildman–Crippen LogP) is 2.24. The highest BCUT2D eigenvalue weighted by Gasteiger charge is 2.21. The number of benzene rings is 1. The highest BCUT2D eigenvalue weighted by atomic mass is 32.2. The van der Waals surface area contributed by atoms with Crippen molar-refractivity contribution in [2.45, 2.75) is 26.3 Å². The van der Waals surface area contributed by atoms with Crippen LogP contribution in [0.3, 0.4) is 0 Å². The lowest BCUT2D eigenvalue weighted by atomic mass is 10.0. The van der Waals surface area contributed by atoms with E-state index in [0.717, 1.165) is 11.1 Å². The number of rotatable bonds is 6. The summed E-state index contributed by atoms with van der Waals surface area (Å²) in [6.07, 6.45) is 2.33. The molecule has 0 spiro atoms. The van der Waals surface area contributed by atoms with Crippen molar-refractivity contribution in [2.24, 2.45) is 0 Å². The van der Waals surface area contributed by atoms with E-state index in [-0.39, 0.29) is 5.91 Å². The summed E-state index contributed by atoms with van der Waals surface area (Å²) in [6.45, 7) is 3.69. The molecule has 0 aromatic heterocycles. The Morgan fingerprint density at radius 1 is 1.32 bits per heavy atom. The molecular weight excluding hydrogens is 262 g/mol. The highest BCUT2D eigenvalue weighted by Crippen LogP contribution is 2.13. The lowest BCUT2D eigenvalue weighted by molar-refractivity contribution is -0.139. The molecule has 1 atom stereocenters. The first kappa shape index (κ1) is 15.6. The van der Waals surface area contributed by atoms with Crippen molar-refractivity contribution in [1.82, 2.24) is 5.32 Å². The molecule has 1 aromatic rings. The standard InChI is InChI=1S/C14H19NO3S/c1-9-5-4-6-10(2)12(9)13(16)15-11(14(17)18)7-8-19-3/h4-6,11H,7-8H2,1-3H3,(H,15,16)(H,17,18). The fraction of sp³-hybridized carbons (Fsp3) is 0.429. The Morgan fingerprint density at radius 3 is 2.37 bits per heavy atom. The predicted molar refractivity (Wildman–Crippen MR) is 77.8 cm³/mol. The average molecular weight is 281 g/mol. The number of aryl methyl sites for hydroxylation is 2. The van der Waals surface area contributed by atoms with Gasteiger partial charge in [-0.1, -0.05) is 18.2 Å². The van der Waals surface area contributed by atoms with E-state index < -0.39 is 12.0 Å². The molecule has 0 heterocycles. The second-order valence-electron chi connectivity index (χ2n) is 4.41. The minimum absolute atomic E-state index is 0.316. The monoisotopic (exact) mass is 281 g/mol. The maximum absolute atomic E-state index is 12.2. The molecule has 104 valence electrons. The number of carboxylic acid groups (broad SMARTS) is 1. The quantitative estimate of drug-likeness (QED) is 0.839. The fourth-order valence-electron chi connectivity index (χ4n) is 1.90. The van der Waals surface area contributed by atoms with Crippen LogP contribution in [0.5, 0.6) is 0 Å². The Hall–Kier alpha value is -1.49. The van der Waals surface area contributed by atoms with E-state index in [0.29, 0.717) is 17.7 Å². The third-order valence-corrected chi connectivity index (χ3v) is 3.57. The van der Waals surface area contributed by atoms with Gasteiger partial charge in [0.25, 0.3) is 5.91 Å². The second kappa shape index (κ2) is 7.19. The van der Waals surface area contributed by atoms with Gasteiger partial charge in [-0.05, 0) is 43.4 Å². The van der Waals surface area contributed by atoms with Gasteiger partial charge in [-0.3, -0.25) is 4.79 Å². The van der Waals surface area contributed by atoms with Crippen molar-refractivity contribution in [3.05, 3.63) is 34.9 Å². The van der Waals surface area contributed by atoms with E-state index in [1.54, 1.807) is 11.8 Å². The molecule has 5 heteroatoms. The molecule has 0 saturated heterocycles. The van der Waals surface area contributed by atoms with Gasteiger partial charge in [0.05, 0.1) is 0 Å². The summed E-state index contributed by atoms with van der Waals surface area (Å²) in [5, 5.41) is 11.7. The second-order valence-corrected chi connectivity index (χ2v) is 5.40. The summed E-state index contributed by atoms with van der Waals surface area (Å²) in [4.78, 5) is 23.3. The molecule has 1 amide bonds. The van der Waals surface area contributed by atoms with Gasteiger partial charge in [-0.15, -0.1) is 0 Å². The van der Waals surface area contributed by atoms with Crippen LogP contribution in [0.25, 0.3) is 0 Å². The van der Waals surface area contributed by atoms with Crippen LogP contribution in [0, 0.1) is 13.8 Å². The molecule has 0 bridgehead atoms. The number of nitrogens with one attached hydrogen (secondary N) is 1. The Morgan fingerprint density at radius 2 is 1.89 bits per heavy atom. The third-order valence-electron chi connectivity index (χ3n) is 2.92. The van der Waals surface area contributed by atoms with Crippen LogP contribution in [-0.2, 0) is 4.79 Å². The van der Waals surface area contributed by atoms with Crippen LogP contribution >= 0.6 is 11.8 Å². The van der Waals surface area contributed by atoms with E-state index in [1.807, 2.05) is 38.3 Å². The SMILES string of the molecule is CSCCC(NC(=O)c1c(C)cccc1C)C(=O)O. The number of carbonyl (C=O) groups excluding carboxylic acids is 1. The van der Waals surface area contributed by atoms with Gasteiger partial charge in [0, 0.05) is 5.56 Å². The van der Waals surface area contributed by atoms with Gasteiger partial charge in [-0.2, -0.15) is 11.8 Å². The number of carboxylic acids is 1. The van der Waals surface area contributed by atoms with Gasteiger partial charge in [0.15, 0.2) is 0 Å². The van der Waals surface area contributed by atoms with E-state index in [2.05, 4.69) is 5.32 Å². The summed E-state index contributed by atoms with van der Waals surface area (Å²) in [7, 11) is 0. The summed E-state index contributed by atoms with van der Waals surface area (Å²) < 4.78 is 0. The van der Waals surface area contributed by atoms with Crippen molar-refractivity contribution in [3.63, 3.8) is 0 Å². The first-order valence-electron chi connectivity index (χ1n) is 6.06. The number of hydrogen-bond donors (Lipinski definition) is 2. The molecule has 2 N–H and O–H groups in total. The summed E-state index contributed by atoms with van der Waals surface area (Å²) >= 11 is 1.56. The molecule has 0 aliphatic heterocycles. The van der Waals surface area contributed by atoms with E-state index in [9.17, 15) is 9.59 Å². The maximum Gasteiger partial charge on any atom is 0.326 e. The van der Waals surface area contributed by atoms with Crippen LogP contribution in [0.15, 0.2) is 18.2 Å². The first-order chi connectivity index (χ1) is 8.97. The molecule has 0 radical (unpaired) electrons. The fourth-order valence-corrected chi connectivity index (χ4v) is 2.37. The van der Waals surface area contributed by atoms with Gasteiger partial charge in [0.1, 0.15) is 6.04 Å². The van der Waals surface area contributed by atoms with Crippen LogP contribution in [0.4, 0.5) is 0 Å². The molecule has 4 nitrogen and oxygen atoms in total. The van der Waals surface area contributed by atoms with Crippen LogP contribution in [0.1, 0.15) is 27.9 Å². The molecule has 1 rings (SSSR count).